The molecule has 0 spiro atoms. The number of rotatable bonds is 10. The molecule has 1 aliphatic heterocycles. The van der Waals surface area contributed by atoms with Crippen LogP contribution in [0.3, 0.4) is 0 Å². The number of aromatic nitrogens is 1. The van der Waals surface area contributed by atoms with Gasteiger partial charge >= 0.3 is 12.1 Å². The Balaban J connectivity index is 1.70. The van der Waals surface area contributed by atoms with Crippen LogP contribution < -0.4 is 26.6 Å². The van der Waals surface area contributed by atoms with Gasteiger partial charge in [0.25, 0.3) is 0 Å². The highest BCUT2D eigenvalue weighted by atomic mass is 19.4. The van der Waals surface area contributed by atoms with Gasteiger partial charge in [0.1, 0.15) is 23.2 Å². The summed E-state index contributed by atoms with van der Waals surface area (Å²) in [5.74, 6) is -2.39. The van der Waals surface area contributed by atoms with Crippen LogP contribution in [0.4, 0.5) is 30.4 Å². The summed E-state index contributed by atoms with van der Waals surface area (Å²) in [4.78, 5) is 30.0. The summed E-state index contributed by atoms with van der Waals surface area (Å²) in [6, 6.07) is 14.6. The van der Waals surface area contributed by atoms with E-state index in [1.807, 2.05) is 5.32 Å². The van der Waals surface area contributed by atoms with Crippen molar-refractivity contribution in [3.63, 3.8) is 0 Å². The van der Waals surface area contributed by atoms with Crippen LogP contribution in [0.1, 0.15) is 12.0 Å². The number of nitrogens with one attached hydrogen (secondary N) is 3. The average Bonchev–Trinajstić information content (AvgIpc) is 3.43. The summed E-state index contributed by atoms with van der Waals surface area (Å²) in [5.41, 5.74) is 9.00. The van der Waals surface area contributed by atoms with Gasteiger partial charge in [-0.15, -0.1) is 0 Å². The van der Waals surface area contributed by atoms with Crippen molar-refractivity contribution in [2.75, 3.05) is 55.8 Å². The van der Waals surface area contributed by atoms with E-state index in [2.05, 4.69) is 21.7 Å². The number of benzene rings is 2. The minimum Gasteiger partial charge on any atom is -0.507 e. The number of nitrogens with two attached hydrogens (primary N) is 1. The Labute approximate surface area is 245 Å². The number of ether oxygens (including phenoxy) is 1. The van der Waals surface area contributed by atoms with Crippen LogP contribution in [0.25, 0.3) is 22.4 Å². The van der Waals surface area contributed by atoms with Crippen LogP contribution in [0.15, 0.2) is 48.5 Å². The minimum atomic E-state index is -4.99. The van der Waals surface area contributed by atoms with Crippen LogP contribution >= 0.6 is 0 Å². The summed E-state index contributed by atoms with van der Waals surface area (Å²) in [7, 11) is 1.51. The molecule has 2 aromatic carbocycles. The molecule has 3 aromatic rings. The van der Waals surface area contributed by atoms with Gasteiger partial charge in [0, 0.05) is 43.9 Å². The first-order valence-electron chi connectivity index (χ1n) is 13.3. The van der Waals surface area contributed by atoms with E-state index in [1.54, 1.807) is 47.4 Å². The normalized spacial score (nSPS) is 14.7. The van der Waals surface area contributed by atoms with Crippen LogP contribution in [-0.2, 0) is 14.3 Å². The number of nitriles is 1. The number of phenols is 1. The Morgan fingerprint density at radius 1 is 1.21 bits per heavy atom. The number of nitrogens with zero attached hydrogens (tertiary/aromatic N) is 3. The van der Waals surface area contributed by atoms with Crippen LogP contribution in [0, 0.1) is 11.3 Å². The number of alkyl halides is 3. The van der Waals surface area contributed by atoms with Crippen molar-refractivity contribution < 1.29 is 32.6 Å². The third-order valence-corrected chi connectivity index (χ3v) is 6.84. The molecule has 0 radical (unpaired) electrons. The second-order valence-corrected chi connectivity index (χ2v) is 9.78. The zero-order valence-corrected chi connectivity index (χ0v) is 23.2. The van der Waals surface area contributed by atoms with Gasteiger partial charge in [0.2, 0.25) is 5.91 Å². The van der Waals surface area contributed by atoms with Crippen molar-refractivity contribution in [2.45, 2.75) is 18.6 Å². The van der Waals surface area contributed by atoms with Crippen molar-refractivity contribution in [2.24, 2.45) is 0 Å². The van der Waals surface area contributed by atoms with E-state index in [4.69, 9.17) is 10.5 Å². The smallest absolute Gasteiger partial charge is 0.471 e. The number of hydrogen-bond acceptors (Lipinski definition) is 9. The van der Waals surface area contributed by atoms with Gasteiger partial charge in [-0.3, -0.25) is 9.59 Å². The van der Waals surface area contributed by atoms with Gasteiger partial charge in [-0.05, 0) is 42.3 Å². The highest BCUT2D eigenvalue weighted by Crippen LogP contribution is 2.38. The zero-order chi connectivity index (χ0) is 31.1. The van der Waals surface area contributed by atoms with E-state index in [1.165, 1.54) is 13.2 Å². The molecular weight excluding hydrogens is 567 g/mol. The number of pyridine rings is 1. The number of para-hydroxylation sites is 1. The molecule has 1 fully saturated rings. The fourth-order valence-corrected chi connectivity index (χ4v) is 4.75. The second kappa shape index (κ2) is 13.3. The SMILES string of the molecule is COCCNC(=O)CNc1cc(-c2cc(-c3ccccc3O)nc(N)c2C#N)ccc1N1CCC(NC(=O)C(F)(F)F)C1. The summed E-state index contributed by atoms with van der Waals surface area (Å²) in [5, 5.41) is 28.1. The van der Waals surface area contributed by atoms with E-state index in [0.29, 0.717) is 53.5 Å². The molecule has 0 bridgehead atoms. The molecule has 226 valence electrons. The highest BCUT2D eigenvalue weighted by Gasteiger charge is 2.40. The van der Waals surface area contributed by atoms with Crippen LogP contribution in [-0.4, -0.2) is 74.0 Å². The van der Waals surface area contributed by atoms with Crippen LogP contribution in [0.5, 0.6) is 5.75 Å². The molecule has 4 rings (SSSR count). The van der Waals surface area contributed by atoms with Gasteiger partial charge in [0.05, 0.1) is 30.2 Å². The molecule has 2 heterocycles. The molecule has 11 nitrogen and oxygen atoms in total. The number of hydrogen-bond donors (Lipinski definition) is 5. The number of aromatic hydroxyl groups is 1. The van der Waals surface area contributed by atoms with Crippen molar-refractivity contribution in [3.8, 4) is 34.2 Å². The summed E-state index contributed by atoms with van der Waals surface area (Å²) >= 11 is 0. The minimum absolute atomic E-state index is 0.0246. The fourth-order valence-electron chi connectivity index (χ4n) is 4.75. The van der Waals surface area contributed by atoms with Crippen molar-refractivity contribution >= 4 is 29.0 Å². The third kappa shape index (κ3) is 7.44. The van der Waals surface area contributed by atoms with Crippen LogP contribution in [0.2, 0.25) is 0 Å². The maximum Gasteiger partial charge on any atom is 0.471 e. The van der Waals surface area contributed by atoms with Gasteiger partial charge in [-0.2, -0.15) is 18.4 Å². The molecule has 2 amide bonds. The van der Waals surface area contributed by atoms with E-state index in [0.717, 1.165) is 0 Å². The van der Waals surface area contributed by atoms with Gasteiger partial charge < -0.3 is 36.4 Å². The molecule has 0 aliphatic carbocycles. The van der Waals surface area contributed by atoms with Crippen molar-refractivity contribution in [3.05, 3.63) is 54.1 Å². The topological polar surface area (TPSA) is 166 Å². The molecule has 0 saturated carbocycles. The maximum absolute atomic E-state index is 12.8. The lowest BCUT2D eigenvalue weighted by molar-refractivity contribution is -0.174. The largest absolute Gasteiger partial charge is 0.507 e. The van der Waals surface area contributed by atoms with E-state index in [-0.39, 0.29) is 42.5 Å². The molecule has 14 heteroatoms. The number of phenolic OH excluding ortho intramolecular Hbond substituents is 1. The first-order chi connectivity index (χ1) is 20.5. The Hall–Kier alpha value is -5.03. The number of amides is 2. The molecule has 1 aromatic heterocycles. The lowest BCUT2D eigenvalue weighted by Gasteiger charge is -2.24. The zero-order valence-electron chi connectivity index (χ0n) is 23.2. The molecular formula is C29H30F3N7O4. The summed E-state index contributed by atoms with van der Waals surface area (Å²) in [6.45, 7) is 0.951. The van der Waals surface area contributed by atoms with Crippen molar-refractivity contribution in [1.29, 1.82) is 5.26 Å². The number of methoxy groups -OCH3 is 1. The standard InChI is InChI=1S/C29H30F3N7O4/c1-43-11-9-35-26(41)15-36-23-12-17(6-7-24(23)39-10-8-18(16-39)37-28(42)29(30,31)32)20-13-22(38-27(34)21(20)14-33)19-4-2-3-5-25(19)40/h2-7,12-13,18,36,40H,8-11,15-16H2,1H3,(H2,34,38)(H,35,41)(H,37,42). The molecule has 43 heavy (non-hydrogen) atoms. The predicted octanol–water partition coefficient (Wildman–Crippen LogP) is 3.01. The number of carbonyl (C=O) groups excluding carboxylic acids is 2. The van der Waals surface area contributed by atoms with E-state index < -0.39 is 18.1 Å². The lowest BCUT2D eigenvalue weighted by atomic mass is 9.97. The Morgan fingerprint density at radius 2 is 1.98 bits per heavy atom. The molecule has 1 saturated heterocycles. The van der Waals surface area contributed by atoms with Crippen molar-refractivity contribution in [1.82, 2.24) is 15.6 Å². The summed E-state index contributed by atoms with van der Waals surface area (Å²) in [6.07, 6.45) is -4.71. The Bertz CT molecular complexity index is 1540. The molecule has 6 N–H and O–H groups in total. The molecule has 1 atom stereocenters. The predicted molar refractivity (Wildman–Crippen MR) is 154 cm³/mol. The molecule has 1 aliphatic rings. The lowest BCUT2D eigenvalue weighted by Crippen LogP contribution is -2.44. The average molecular weight is 598 g/mol. The number of nitrogen functional groups attached to an aromatic ring is 1. The summed E-state index contributed by atoms with van der Waals surface area (Å²) < 4.78 is 43.3. The highest BCUT2D eigenvalue weighted by molar-refractivity contribution is 5.88. The Kier molecular flexibility index (Phi) is 9.56. The third-order valence-electron chi connectivity index (χ3n) is 6.84. The van der Waals surface area contributed by atoms with Gasteiger partial charge in [-0.1, -0.05) is 18.2 Å². The fraction of sp³-hybridized carbons (Fsp3) is 0.310. The van der Waals surface area contributed by atoms with Gasteiger partial charge in [0.15, 0.2) is 0 Å². The monoisotopic (exact) mass is 597 g/mol. The number of carbonyl (C=O) groups is 2. The number of halogens is 3. The Morgan fingerprint density at radius 3 is 2.67 bits per heavy atom. The first-order valence-corrected chi connectivity index (χ1v) is 13.3. The van der Waals surface area contributed by atoms with E-state index >= 15 is 0 Å². The maximum atomic E-state index is 12.8. The second-order valence-electron chi connectivity index (χ2n) is 9.78. The van der Waals surface area contributed by atoms with Gasteiger partial charge in [-0.25, -0.2) is 4.98 Å². The quantitative estimate of drug-likeness (QED) is 0.221. The van der Waals surface area contributed by atoms with E-state index in [9.17, 15) is 33.1 Å². The first kappa shape index (κ1) is 30.9. The molecule has 1 unspecified atom stereocenters. The number of anilines is 3.